The van der Waals surface area contributed by atoms with Crippen LogP contribution in [0.2, 0.25) is 5.02 Å². The number of nitrogens with one attached hydrogen (secondary N) is 1. The molecule has 0 aliphatic heterocycles. The van der Waals surface area contributed by atoms with Crippen molar-refractivity contribution in [3.8, 4) is 0 Å². The van der Waals surface area contributed by atoms with E-state index in [1.807, 2.05) is 41.8 Å². The lowest BCUT2D eigenvalue weighted by atomic mass is 10.0. The van der Waals surface area contributed by atoms with Crippen LogP contribution in [0.4, 0.5) is 4.39 Å². The molecule has 0 saturated heterocycles. The number of hydrogen-bond acceptors (Lipinski definition) is 2. The van der Waals surface area contributed by atoms with Gasteiger partial charge in [-0.05, 0) is 60.0 Å². The molecule has 30 heavy (non-hydrogen) atoms. The van der Waals surface area contributed by atoms with Crippen molar-refractivity contribution < 1.29 is 9.18 Å². The number of nitrogens with zero attached hydrogens (tertiary/aromatic N) is 2. The quantitative estimate of drug-likeness (QED) is 0.430. The van der Waals surface area contributed by atoms with Crippen LogP contribution in [0.3, 0.4) is 0 Å². The third-order valence-corrected chi connectivity index (χ3v) is 5.39. The van der Waals surface area contributed by atoms with E-state index in [2.05, 4.69) is 10.3 Å². The van der Waals surface area contributed by atoms with Crippen molar-refractivity contribution in [1.82, 2.24) is 14.9 Å². The van der Waals surface area contributed by atoms with E-state index >= 15 is 0 Å². The molecule has 0 aliphatic rings. The van der Waals surface area contributed by atoms with Crippen LogP contribution >= 0.6 is 11.6 Å². The maximum Gasteiger partial charge on any atom is 0.251 e. The third-order valence-electron chi connectivity index (χ3n) is 5.14. The highest BCUT2D eigenvalue weighted by Crippen LogP contribution is 2.20. The fraction of sp³-hybridized carbons (Fsp3) is 0.167. The van der Waals surface area contributed by atoms with Gasteiger partial charge in [-0.25, -0.2) is 9.37 Å². The van der Waals surface area contributed by atoms with Gasteiger partial charge in [0, 0.05) is 17.1 Å². The predicted molar refractivity (Wildman–Crippen MR) is 117 cm³/mol. The van der Waals surface area contributed by atoms with Gasteiger partial charge >= 0.3 is 0 Å². The minimum atomic E-state index is -0.292. The molecule has 0 fully saturated rings. The number of carbonyl (C=O) groups is 1. The average Bonchev–Trinajstić information content (AvgIpc) is 3.16. The zero-order valence-corrected chi connectivity index (χ0v) is 17.2. The van der Waals surface area contributed by atoms with Crippen molar-refractivity contribution >= 4 is 28.5 Å². The van der Waals surface area contributed by atoms with Crippen LogP contribution in [0.1, 0.15) is 40.9 Å². The van der Waals surface area contributed by atoms with Gasteiger partial charge in [0.2, 0.25) is 0 Å². The molecule has 0 radical (unpaired) electrons. The van der Waals surface area contributed by atoms with Crippen molar-refractivity contribution in [3.05, 3.63) is 101 Å². The van der Waals surface area contributed by atoms with E-state index in [1.54, 1.807) is 30.6 Å². The first-order valence-corrected chi connectivity index (χ1v) is 10.2. The van der Waals surface area contributed by atoms with E-state index in [9.17, 15) is 9.18 Å². The van der Waals surface area contributed by atoms with Gasteiger partial charge < -0.3 is 9.88 Å². The van der Waals surface area contributed by atoms with Crippen LogP contribution < -0.4 is 5.32 Å². The fourth-order valence-electron chi connectivity index (χ4n) is 3.48. The van der Waals surface area contributed by atoms with Crippen molar-refractivity contribution in [3.63, 3.8) is 0 Å². The maximum atomic E-state index is 13.2. The van der Waals surface area contributed by atoms with Crippen molar-refractivity contribution in [2.45, 2.75) is 25.9 Å². The van der Waals surface area contributed by atoms with Crippen LogP contribution in [-0.4, -0.2) is 15.5 Å². The second-order valence-electron chi connectivity index (χ2n) is 7.19. The van der Waals surface area contributed by atoms with Gasteiger partial charge in [-0.1, -0.05) is 42.8 Å². The number of halogens is 2. The van der Waals surface area contributed by atoms with Crippen LogP contribution in [0.25, 0.3) is 11.0 Å². The monoisotopic (exact) mass is 421 g/mol. The summed E-state index contributed by atoms with van der Waals surface area (Å²) in [6, 6.07) is 19.2. The van der Waals surface area contributed by atoms with Gasteiger partial charge in [-0.3, -0.25) is 4.79 Å². The largest absolute Gasteiger partial charge is 0.345 e. The highest BCUT2D eigenvalue weighted by atomic mass is 35.5. The van der Waals surface area contributed by atoms with E-state index in [0.717, 1.165) is 22.2 Å². The van der Waals surface area contributed by atoms with E-state index in [4.69, 9.17) is 11.6 Å². The van der Waals surface area contributed by atoms with E-state index < -0.39 is 0 Å². The first-order valence-electron chi connectivity index (χ1n) is 9.79. The van der Waals surface area contributed by atoms with E-state index in [-0.39, 0.29) is 17.8 Å². The summed E-state index contributed by atoms with van der Waals surface area (Å²) in [6.07, 6.45) is 2.48. The average molecular weight is 422 g/mol. The molecule has 1 atom stereocenters. The van der Waals surface area contributed by atoms with Crippen molar-refractivity contribution in [1.29, 1.82) is 0 Å². The minimum absolute atomic E-state index is 0.180. The summed E-state index contributed by atoms with van der Waals surface area (Å²) in [5, 5.41) is 3.73. The molecule has 4 nitrogen and oxygen atoms in total. The van der Waals surface area contributed by atoms with E-state index in [0.29, 0.717) is 23.6 Å². The Morgan fingerprint density at radius 2 is 1.83 bits per heavy atom. The molecule has 152 valence electrons. The van der Waals surface area contributed by atoms with Gasteiger partial charge in [0.05, 0.1) is 23.4 Å². The summed E-state index contributed by atoms with van der Waals surface area (Å²) in [6.45, 7) is 2.65. The lowest BCUT2D eigenvalue weighted by Gasteiger charge is -2.17. The Morgan fingerprint density at radius 3 is 2.53 bits per heavy atom. The first kappa shape index (κ1) is 20.1. The Hall–Kier alpha value is -3.18. The SMILES string of the molecule is CC[C@@H](NC(=O)c1ccc2c(c1)ncn2Cc1ccc(Cl)cc1)c1ccc(F)cc1. The second-order valence-corrected chi connectivity index (χ2v) is 7.62. The topological polar surface area (TPSA) is 46.9 Å². The molecule has 1 N–H and O–H groups in total. The minimum Gasteiger partial charge on any atom is -0.345 e. The molecule has 1 aromatic heterocycles. The molecule has 4 rings (SSSR count). The molecule has 1 amide bonds. The predicted octanol–water partition coefficient (Wildman–Crippen LogP) is 5.76. The molecule has 4 aromatic rings. The summed E-state index contributed by atoms with van der Waals surface area (Å²) in [7, 11) is 0. The van der Waals surface area contributed by atoms with Crippen molar-refractivity contribution in [2.24, 2.45) is 0 Å². The summed E-state index contributed by atoms with van der Waals surface area (Å²) >= 11 is 5.95. The number of fused-ring (bicyclic) bond motifs is 1. The molecule has 3 aromatic carbocycles. The Bertz CT molecular complexity index is 1170. The molecule has 0 unspecified atom stereocenters. The molecule has 0 saturated carbocycles. The number of imidazole rings is 1. The Labute approximate surface area is 179 Å². The molecule has 1 heterocycles. The van der Waals surface area contributed by atoms with Gasteiger partial charge in [0.1, 0.15) is 5.82 Å². The zero-order valence-electron chi connectivity index (χ0n) is 16.5. The smallest absolute Gasteiger partial charge is 0.251 e. The summed E-state index contributed by atoms with van der Waals surface area (Å²) in [4.78, 5) is 17.3. The fourth-order valence-corrected chi connectivity index (χ4v) is 3.60. The molecule has 0 spiro atoms. The number of rotatable bonds is 6. The van der Waals surface area contributed by atoms with Crippen LogP contribution in [0.15, 0.2) is 73.1 Å². The molecule has 0 bridgehead atoms. The number of carbonyl (C=O) groups excluding carboxylic acids is 1. The van der Waals surface area contributed by atoms with Crippen molar-refractivity contribution in [2.75, 3.05) is 0 Å². The zero-order chi connectivity index (χ0) is 21.1. The second kappa shape index (κ2) is 8.67. The third kappa shape index (κ3) is 4.36. The Balaban J connectivity index is 1.52. The number of amides is 1. The van der Waals surface area contributed by atoms with Crippen LogP contribution in [0, 0.1) is 5.82 Å². The maximum absolute atomic E-state index is 13.2. The molecular weight excluding hydrogens is 401 g/mol. The van der Waals surface area contributed by atoms with Gasteiger partial charge in [0.15, 0.2) is 0 Å². The lowest BCUT2D eigenvalue weighted by molar-refractivity contribution is 0.0935. The molecule has 6 heteroatoms. The number of hydrogen-bond donors (Lipinski definition) is 1. The van der Waals surface area contributed by atoms with Gasteiger partial charge in [-0.2, -0.15) is 0 Å². The van der Waals surface area contributed by atoms with Gasteiger partial charge in [-0.15, -0.1) is 0 Å². The van der Waals surface area contributed by atoms with E-state index in [1.165, 1.54) is 12.1 Å². The summed E-state index contributed by atoms with van der Waals surface area (Å²) in [5.74, 6) is -0.472. The Morgan fingerprint density at radius 1 is 1.10 bits per heavy atom. The number of benzene rings is 3. The lowest BCUT2D eigenvalue weighted by Crippen LogP contribution is -2.28. The summed E-state index contributed by atoms with van der Waals surface area (Å²) < 4.78 is 15.2. The summed E-state index contributed by atoms with van der Waals surface area (Å²) in [5.41, 5.74) is 4.24. The standard InChI is InChI=1S/C24H21ClFN3O/c1-2-21(17-5-10-20(26)11-6-17)28-24(30)18-7-12-23-22(13-18)27-15-29(23)14-16-3-8-19(25)9-4-16/h3-13,15,21H,2,14H2,1H3,(H,28,30)/t21-/m1/s1. The first-order chi connectivity index (χ1) is 14.5. The Kier molecular flexibility index (Phi) is 5.81. The normalized spacial score (nSPS) is 12.1. The van der Waals surface area contributed by atoms with Crippen LogP contribution in [-0.2, 0) is 6.54 Å². The molecular formula is C24H21ClFN3O. The van der Waals surface area contributed by atoms with Gasteiger partial charge in [0.25, 0.3) is 5.91 Å². The molecule has 0 aliphatic carbocycles. The number of aromatic nitrogens is 2. The highest BCUT2D eigenvalue weighted by Gasteiger charge is 2.15. The van der Waals surface area contributed by atoms with Crippen LogP contribution in [0.5, 0.6) is 0 Å². The highest BCUT2D eigenvalue weighted by molar-refractivity contribution is 6.30.